The first-order valence-corrected chi connectivity index (χ1v) is 10.3. The largest absolute Gasteiger partial charge is 0.508 e. The third-order valence-corrected chi connectivity index (χ3v) is 6.92. The highest BCUT2D eigenvalue weighted by atomic mass is 16.3. The smallest absolute Gasteiger partial charge is 0.255 e. The SMILES string of the molecule is CCc1cc(C(C)=O)c(O)c2c1C[C@H]1C[C@H]3CC(=O)C(C(N)=O)=C(O)[C@@]3(O)C(=O)C1=C2O. The van der Waals surface area contributed by atoms with Gasteiger partial charge in [0, 0.05) is 17.9 Å². The maximum absolute atomic E-state index is 13.4. The lowest BCUT2D eigenvalue weighted by molar-refractivity contribution is -0.147. The van der Waals surface area contributed by atoms with E-state index in [1.54, 1.807) is 6.07 Å². The normalized spacial score (nSPS) is 27.1. The number of aliphatic hydroxyl groups excluding tert-OH is 2. The van der Waals surface area contributed by atoms with Crippen LogP contribution in [0.4, 0.5) is 0 Å². The number of aromatic hydroxyl groups is 1. The van der Waals surface area contributed by atoms with E-state index in [1.807, 2.05) is 6.92 Å². The van der Waals surface area contributed by atoms with Gasteiger partial charge in [0.2, 0.25) is 5.78 Å². The Bertz CT molecular complexity index is 1190. The Morgan fingerprint density at radius 2 is 1.84 bits per heavy atom. The number of nitrogens with two attached hydrogens (primary N) is 1. The average molecular weight is 441 g/mol. The summed E-state index contributed by atoms with van der Waals surface area (Å²) in [6.07, 6.45) is 0.436. The predicted octanol–water partition coefficient (Wildman–Crippen LogP) is 1.19. The van der Waals surface area contributed by atoms with Crippen molar-refractivity contribution in [2.24, 2.45) is 17.6 Å². The van der Waals surface area contributed by atoms with E-state index < -0.39 is 63.5 Å². The van der Waals surface area contributed by atoms with Gasteiger partial charge >= 0.3 is 0 Å². The molecule has 1 aromatic rings. The quantitative estimate of drug-likeness (QED) is 0.343. The molecule has 0 aromatic heterocycles. The first-order valence-electron chi connectivity index (χ1n) is 10.3. The van der Waals surface area contributed by atoms with Crippen molar-refractivity contribution in [2.75, 3.05) is 0 Å². The number of benzene rings is 1. The molecule has 9 nitrogen and oxygen atoms in total. The summed E-state index contributed by atoms with van der Waals surface area (Å²) < 4.78 is 0. The fourth-order valence-electron chi connectivity index (χ4n) is 5.35. The summed E-state index contributed by atoms with van der Waals surface area (Å²) in [5.74, 6) is -7.28. The van der Waals surface area contributed by atoms with Crippen molar-refractivity contribution in [1.29, 1.82) is 0 Å². The lowest BCUT2D eigenvalue weighted by Gasteiger charge is -2.46. The maximum atomic E-state index is 13.4. The zero-order chi connectivity index (χ0) is 23.7. The number of fused-ring (bicyclic) bond motifs is 3. The first-order chi connectivity index (χ1) is 14.9. The van der Waals surface area contributed by atoms with Crippen LogP contribution in [0.25, 0.3) is 5.76 Å². The fourth-order valence-corrected chi connectivity index (χ4v) is 5.35. The Labute approximate surface area is 182 Å². The monoisotopic (exact) mass is 441 g/mol. The third-order valence-electron chi connectivity index (χ3n) is 6.92. The number of amides is 1. The van der Waals surface area contributed by atoms with Crippen LogP contribution in [-0.4, -0.2) is 49.3 Å². The number of Topliss-reactive ketones (excluding diaryl/α,β-unsaturated/α-hetero) is 3. The Hall–Kier alpha value is -3.46. The second kappa shape index (κ2) is 7.03. The second-order valence-electron chi connectivity index (χ2n) is 8.60. The van der Waals surface area contributed by atoms with Crippen LogP contribution >= 0.6 is 0 Å². The number of phenolic OH excluding ortho intramolecular Hbond substituents is 1. The number of aryl methyl sites for hydroxylation is 1. The van der Waals surface area contributed by atoms with Crippen molar-refractivity contribution < 1.29 is 39.6 Å². The lowest BCUT2D eigenvalue weighted by atomic mass is 9.59. The van der Waals surface area contributed by atoms with Gasteiger partial charge in [-0.1, -0.05) is 6.92 Å². The Kier molecular flexibility index (Phi) is 4.78. The molecule has 3 aliphatic carbocycles. The summed E-state index contributed by atoms with van der Waals surface area (Å²) in [6, 6.07) is 1.56. The number of aliphatic hydroxyl groups is 3. The number of ketones is 3. The number of carbonyl (C=O) groups excluding carboxylic acids is 4. The molecule has 0 heterocycles. The molecule has 9 heteroatoms. The molecule has 4 rings (SSSR count). The number of rotatable bonds is 3. The first kappa shape index (κ1) is 21.8. The number of phenols is 1. The van der Waals surface area contributed by atoms with E-state index in [-0.39, 0.29) is 36.0 Å². The molecule has 32 heavy (non-hydrogen) atoms. The van der Waals surface area contributed by atoms with Crippen molar-refractivity contribution in [3.8, 4) is 5.75 Å². The standard InChI is InChI=1S/C23H23NO8/c1-3-9-5-12(8(2)25)18(27)16-13(9)6-10-4-11-7-14(26)17(22(24)31)21(30)23(11,32)20(29)15(10)19(16)28/h5,10-11,27-28,30,32H,3-4,6-7H2,1-2H3,(H2,24,31)/t10-,11+,23+/m1/s1. The molecule has 3 aliphatic rings. The Morgan fingerprint density at radius 1 is 1.19 bits per heavy atom. The van der Waals surface area contributed by atoms with Crippen LogP contribution < -0.4 is 5.73 Å². The molecule has 0 radical (unpaired) electrons. The van der Waals surface area contributed by atoms with Gasteiger partial charge in [0.1, 0.15) is 22.8 Å². The van der Waals surface area contributed by atoms with Crippen molar-refractivity contribution in [2.45, 2.75) is 45.1 Å². The molecule has 3 atom stereocenters. The van der Waals surface area contributed by atoms with Crippen LogP contribution in [0.2, 0.25) is 0 Å². The number of hydrogen-bond donors (Lipinski definition) is 5. The van der Waals surface area contributed by atoms with E-state index in [2.05, 4.69) is 0 Å². The molecular formula is C23H23NO8. The van der Waals surface area contributed by atoms with Gasteiger partial charge in [0.05, 0.1) is 11.1 Å². The van der Waals surface area contributed by atoms with Gasteiger partial charge in [-0.25, -0.2) is 0 Å². The average Bonchev–Trinajstić information content (AvgIpc) is 2.70. The molecule has 168 valence electrons. The van der Waals surface area contributed by atoms with Gasteiger partial charge in [-0.05, 0) is 49.3 Å². The zero-order valence-electron chi connectivity index (χ0n) is 17.6. The minimum atomic E-state index is -2.60. The van der Waals surface area contributed by atoms with Crippen LogP contribution in [-0.2, 0) is 27.2 Å². The maximum Gasteiger partial charge on any atom is 0.255 e. The van der Waals surface area contributed by atoms with Gasteiger partial charge in [0.15, 0.2) is 17.2 Å². The van der Waals surface area contributed by atoms with Crippen LogP contribution in [0.1, 0.15) is 53.7 Å². The van der Waals surface area contributed by atoms with Crippen molar-refractivity contribution in [3.63, 3.8) is 0 Å². The van der Waals surface area contributed by atoms with Gasteiger partial charge in [-0.15, -0.1) is 0 Å². The molecule has 0 spiro atoms. The highest BCUT2D eigenvalue weighted by Crippen LogP contribution is 2.52. The Balaban J connectivity index is 1.98. The van der Waals surface area contributed by atoms with Crippen LogP contribution in [0.3, 0.4) is 0 Å². The van der Waals surface area contributed by atoms with Crippen molar-refractivity contribution in [1.82, 2.24) is 0 Å². The minimum Gasteiger partial charge on any atom is -0.508 e. The van der Waals surface area contributed by atoms with E-state index in [9.17, 15) is 39.6 Å². The van der Waals surface area contributed by atoms with Crippen molar-refractivity contribution >= 4 is 29.0 Å². The molecule has 1 saturated carbocycles. The number of primary amides is 1. The minimum absolute atomic E-state index is 0.00642. The van der Waals surface area contributed by atoms with E-state index in [0.717, 1.165) is 5.56 Å². The van der Waals surface area contributed by atoms with Gasteiger partial charge in [-0.3, -0.25) is 19.2 Å². The van der Waals surface area contributed by atoms with Gasteiger partial charge in [-0.2, -0.15) is 0 Å². The molecule has 0 saturated heterocycles. The van der Waals surface area contributed by atoms with E-state index in [0.29, 0.717) is 12.0 Å². The van der Waals surface area contributed by atoms with E-state index >= 15 is 0 Å². The number of hydrogen-bond acceptors (Lipinski definition) is 8. The summed E-state index contributed by atoms with van der Waals surface area (Å²) >= 11 is 0. The second-order valence-corrected chi connectivity index (χ2v) is 8.60. The van der Waals surface area contributed by atoms with Crippen molar-refractivity contribution in [3.05, 3.63) is 45.2 Å². The fraction of sp³-hybridized carbons (Fsp3) is 0.391. The summed E-state index contributed by atoms with van der Waals surface area (Å²) in [5, 5.41) is 43.5. The molecule has 0 bridgehead atoms. The lowest BCUT2D eigenvalue weighted by Crippen LogP contribution is -2.58. The topological polar surface area (TPSA) is 175 Å². The summed E-state index contributed by atoms with van der Waals surface area (Å²) in [5.41, 5.74) is 2.76. The van der Waals surface area contributed by atoms with Crippen LogP contribution in [0.5, 0.6) is 5.75 Å². The number of carbonyl (C=O) groups is 4. The molecule has 0 unspecified atom stereocenters. The molecule has 6 N–H and O–H groups in total. The third kappa shape index (κ3) is 2.67. The molecule has 1 amide bonds. The van der Waals surface area contributed by atoms with E-state index in [4.69, 9.17) is 5.73 Å². The predicted molar refractivity (Wildman–Crippen MR) is 111 cm³/mol. The van der Waals surface area contributed by atoms with Gasteiger partial charge < -0.3 is 26.2 Å². The van der Waals surface area contributed by atoms with Gasteiger partial charge in [0.25, 0.3) is 5.91 Å². The van der Waals surface area contributed by atoms with E-state index in [1.165, 1.54) is 6.92 Å². The molecular weight excluding hydrogens is 418 g/mol. The zero-order valence-corrected chi connectivity index (χ0v) is 17.6. The summed E-state index contributed by atoms with van der Waals surface area (Å²) in [6.45, 7) is 3.12. The van der Waals surface area contributed by atoms with Crippen LogP contribution in [0.15, 0.2) is 23.0 Å². The molecule has 1 aromatic carbocycles. The molecule has 0 aliphatic heterocycles. The Morgan fingerprint density at radius 3 is 2.41 bits per heavy atom. The highest BCUT2D eigenvalue weighted by molar-refractivity contribution is 6.22. The van der Waals surface area contributed by atoms with Crippen LogP contribution in [0, 0.1) is 11.8 Å². The molecule has 1 fully saturated rings. The summed E-state index contributed by atoms with van der Waals surface area (Å²) in [7, 11) is 0. The summed E-state index contributed by atoms with van der Waals surface area (Å²) in [4.78, 5) is 49.5. The highest BCUT2D eigenvalue weighted by Gasteiger charge is 2.60.